The van der Waals surface area contributed by atoms with Crippen molar-refractivity contribution in [2.75, 3.05) is 7.05 Å². The van der Waals surface area contributed by atoms with Gasteiger partial charge < -0.3 is 14.4 Å². The van der Waals surface area contributed by atoms with Gasteiger partial charge in [-0.3, -0.25) is 0 Å². The van der Waals surface area contributed by atoms with Crippen molar-refractivity contribution in [1.29, 1.82) is 0 Å². The Hall–Kier alpha value is -2.14. The van der Waals surface area contributed by atoms with E-state index in [1.165, 1.54) is 22.9 Å². The van der Waals surface area contributed by atoms with Gasteiger partial charge in [0, 0.05) is 23.6 Å². The Morgan fingerprint density at radius 3 is 3.00 bits per heavy atom. The summed E-state index contributed by atoms with van der Waals surface area (Å²) in [6.07, 6.45) is 3.49. The number of para-hydroxylation sites is 1. The molecule has 1 N–H and O–H groups in total. The highest BCUT2D eigenvalue weighted by atomic mass is 16.5. The first kappa shape index (κ1) is 11.0. The highest BCUT2D eigenvalue weighted by Gasteiger charge is 2.09. The fourth-order valence-electron chi connectivity index (χ4n) is 2.20. The molecule has 3 aromatic rings. The summed E-state index contributed by atoms with van der Waals surface area (Å²) in [4.78, 5) is 4.06. The molecule has 3 rings (SSSR count). The second kappa shape index (κ2) is 4.62. The predicted octanol–water partition coefficient (Wildman–Crippen LogP) is 1.79. The maximum atomic E-state index is 4.77. The Morgan fingerprint density at radius 1 is 1.33 bits per heavy atom. The van der Waals surface area contributed by atoms with E-state index in [4.69, 9.17) is 4.52 Å². The Bertz CT molecular complexity index is 642. The van der Waals surface area contributed by atoms with Gasteiger partial charge in [0.05, 0.1) is 6.54 Å². The standard InChI is InChI=1S/C13H14N4O/c1-14-6-10-7-17(8-13-15-9-18-16-13)12-5-3-2-4-11(10)12/h2-5,7,9,14H,6,8H2,1H3. The van der Waals surface area contributed by atoms with E-state index in [2.05, 4.69) is 44.4 Å². The lowest BCUT2D eigenvalue weighted by molar-refractivity contribution is 0.408. The molecule has 0 spiro atoms. The van der Waals surface area contributed by atoms with Gasteiger partial charge in [-0.15, -0.1) is 0 Å². The first-order valence-electron chi connectivity index (χ1n) is 5.85. The summed E-state index contributed by atoms with van der Waals surface area (Å²) in [5.41, 5.74) is 2.46. The molecule has 0 aliphatic heterocycles. The molecular weight excluding hydrogens is 228 g/mol. The predicted molar refractivity (Wildman–Crippen MR) is 68.1 cm³/mol. The number of hydrogen-bond acceptors (Lipinski definition) is 4. The van der Waals surface area contributed by atoms with Crippen LogP contribution >= 0.6 is 0 Å². The Kier molecular flexibility index (Phi) is 2.82. The van der Waals surface area contributed by atoms with Crippen LogP contribution in [0.3, 0.4) is 0 Å². The van der Waals surface area contributed by atoms with Crippen LogP contribution in [0.25, 0.3) is 10.9 Å². The monoisotopic (exact) mass is 242 g/mol. The molecule has 0 saturated heterocycles. The van der Waals surface area contributed by atoms with Gasteiger partial charge in [0.2, 0.25) is 6.39 Å². The Morgan fingerprint density at radius 2 is 2.22 bits per heavy atom. The van der Waals surface area contributed by atoms with Gasteiger partial charge in [-0.25, -0.2) is 0 Å². The van der Waals surface area contributed by atoms with Crippen LogP contribution in [0, 0.1) is 0 Å². The molecule has 0 saturated carbocycles. The van der Waals surface area contributed by atoms with Crippen LogP contribution < -0.4 is 5.32 Å². The minimum Gasteiger partial charge on any atom is -0.343 e. The topological polar surface area (TPSA) is 55.9 Å². The van der Waals surface area contributed by atoms with Gasteiger partial charge in [-0.1, -0.05) is 23.4 Å². The minimum atomic E-state index is 0.626. The summed E-state index contributed by atoms with van der Waals surface area (Å²) in [5, 5.41) is 8.30. The van der Waals surface area contributed by atoms with Crippen molar-refractivity contribution in [3.05, 3.63) is 48.2 Å². The lowest BCUT2D eigenvalue weighted by Crippen LogP contribution is -2.04. The summed E-state index contributed by atoms with van der Waals surface area (Å²) < 4.78 is 6.91. The molecule has 0 aliphatic rings. The third kappa shape index (κ3) is 1.89. The summed E-state index contributed by atoms with van der Waals surface area (Å²) >= 11 is 0. The SMILES string of the molecule is CNCc1cn(Cc2ncon2)c2ccccc12. The van der Waals surface area contributed by atoms with E-state index < -0.39 is 0 Å². The van der Waals surface area contributed by atoms with Crippen molar-refractivity contribution in [2.45, 2.75) is 13.1 Å². The van der Waals surface area contributed by atoms with Crippen LogP contribution in [0.15, 0.2) is 41.4 Å². The van der Waals surface area contributed by atoms with E-state index in [0.717, 1.165) is 6.54 Å². The maximum absolute atomic E-state index is 4.77. The number of hydrogen-bond donors (Lipinski definition) is 1. The summed E-state index contributed by atoms with van der Waals surface area (Å²) in [5.74, 6) is 0.687. The summed E-state index contributed by atoms with van der Waals surface area (Å²) in [6.45, 7) is 1.47. The summed E-state index contributed by atoms with van der Waals surface area (Å²) in [6, 6.07) is 8.34. The zero-order chi connectivity index (χ0) is 12.4. The van der Waals surface area contributed by atoms with Gasteiger partial charge in [-0.2, -0.15) is 4.98 Å². The second-order valence-electron chi connectivity index (χ2n) is 4.18. The molecule has 0 aliphatic carbocycles. The maximum Gasteiger partial charge on any atom is 0.213 e. The van der Waals surface area contributed by atoms with Crippen molar-refractivity contribution in [3.63, 3.8) is 0 Å². The first-order chi connectivity index (χ1) is 8.88. The number of aromatic nitrogens is 3. The molecule has 2 heterocycles. The van der Waals surface area contributed by atoms with E-state index in [1.54, 1.807) is 0 Å². The Labute approximate surface area is 104 Å². The van der Waals surface area contributed by atoms with Gasteiger partial charge >= 0.3 is 0 Å². The smallest absolute Gasteiger partial charge is 0.213 e. The molecule has 0 radical (unpaired) electrons. The van der Waals surface area contributed by atoms with Gasteiger partial charge in [-0.05, 0) is 18.7 Å². The van der Waals surface area contributed by atoms with Gasteiger partial charge in [0.15, 0.2) is 5.82 Å². The molecule has 0 fully saturated rings. The second-order valence-corrected chi connectivity index (χ2v) is 4.18. The zero-order valence-corrected chi connectivity index (χ0v) is 10.1. The van der Waals surface area contributed by atoms with Gasteiger partial charge in [0.1, 0.15) is 0 Å². The number of fused-ring (bicyclic) bond motifs is 1. The van der Waals surface area contributed by atoms with Gasteiger partial charge in [0.25, 0.3) is 0 Å². The molecule has 1 aromatic carbocycles. The molecule has 18 heavy (non-hydrogen) atoms. The third-order valence-electron chi connectivity index (χ3n) is 2.96. The molecule has 92 valence electrons. The van der Waals surface area contributed by atoms with Crippen LogP contribution in [-0.4, -0.2) is 21.8 Å². The van der Waals surface area contributed by atoms with Crippen molar-refractivity contribution >= 4 is 10.9 Å². The molecule has 0 amide bonds. The molecule has 0 bridgehead atoms. The fourth-order valence-corrected chi connectivity index (χ4v) is 2.20. The average Bonchev–Trinajstić information content (AvgIpc) is 3.00. The van der Waals surface area contributed by atoms with E-state index >= 15 is 0 Å². The molecule has 5 nitrogen and oxygen atoms in total. The van der Waals surface area contributed by atoms with E-state index in [9.17, 15) is 0 Å². The number of rotatable bonds is 4. The molecule has 0 unspecified atom stereocenters. The third-order valence-corrected chi connectivity index (χ3v) is 2.96. The molecular formula is C13H14N4O. The van der Waals surface area contributed by atoms with E-state index in [-0.39, 0.29) is 0 Å². The number of nitrogens with zero attached hydrogens (tertiary/aromatic N) is 3. The number of nitrogens with one attached hydrogen (secondary N) is 1. The minimum absolute atomic E-state index is 0.626. The van der Waals surface area contributed by atoms with Crippen LogP contribution in [0.5, 0.6) is 0 Å². The highest BCUT2D eigenvalue weighted by molar-refractivity contribution is 5.84. The normalized spacial score (nSPS) is 11.2. The lowest BCUT2D eigenvalue weighted by atomic mass is 10.2. The lowest BCUT2D eigenvalue weighted by Gasteiger charge is -2.00. The van der Waals surface area contributed by atoms with E-state index in [1.807, 2.05) is 13.1 Å². The molecule has 2 aromatic heterocycles. The summed E-state index contributed by atoms with van der Waals surface area (Å²) in [7, 11) is 1.95. The zero-order valence-electron chi connectivity index (χ0n) is 10.1. The first-order valence-corrected chi connectivity index (χ1v) is 5.85. The van der Waals surface area contributed by atoms with Crippen LogP contribution in [-0.2, 0) is 13.1 Å². The Balaban J connectivity index is 2.05. The highest BCUT2D eigenvalue weighted by Crippen LogP contribution is 2.21. The molecule has 0 atom stereocenters. The number of benzene rings is 1. The largest absolute Gasteiger partial charge is 0.343 e. The van der Waals surface area contributed by atoms with Crippen LogP contribution in [0.2, 0.25) is 0 Å². The van der Waals surface area contributed by atoms with Crippen molar-refractivity contribution < 1.29 is 4.52 Å². The van der Waals surface area contributed by atoms with Crippen molar-refractivity contribution in [1.82, 2.24) is 20.0 Å². The van der Waals surface area contributed by atoms with Crippen molar-refractivity contribution in [3.8, 4) is 0 Å². The quantitative estimate of drug-likeness (QED) is 0.757. The fraction of sp³-hybridized carbons (Fsp3) is 0.231. The van der Waals surface area contributed by atoms with Crippen LogP contribution in [0.1, 0.15) is 11.4 Å². The molecule has 5 heteroatoms. The van der Waals surface area contributed by atoms with Crippen molar-refractivity contribution in [2.24, 2.45) is 0 Å². The van der Waals surface area contributed by atoms with E-state index in [0.29, 0.717) is 12.4 Å². The average molecular weight is 242 g/mol. The van der Waals surface area contributed by atoms with Crippen LogP contribution in [0.4, 0.5) is 0 Å².